The molecule has 1 N–H and O–H groups in total. The molecule has 19 heavy (non-hydrogen) atoms. The van der Waals surface area contributed by atoms with Crippen LogP contribution in [0.3, 0.4) is 0 Å². The van der Waals surface area contributed by atoms with Crippen molar-refractivity contribution in [2.24, 2.45) is 0 Å². The molecule has 0 saturated heterocycles. The molecular weight excluding hydrogens is 256 g/mol. The van der Waals surface area contributed by atoms with E-state index in [0.717, 1.165) is 15.9 Å². The number of fused-ring (bicyclic) bond motifs is 1. The van der Waals surface area contributed by atoms with Crippen LogP contribution in [0, 0.1) is 0 Å². The topological polar surface area (TPSA) is 24.9 Å². The SMILES string of the molecule is Clc1ccc2c(NC3CCCCCC3)ccnc2c1. The van der Waals surface area contributed by atoms with Crippen LogP contribution in [0.4, 0.5) is 5.69 Å². The lowest BCUT2D eigenvalue weighted by Crippen LogP contribution is -2.18. The highest BCUT2D eigenvalue weighted by Gasteiger charge is 2.13. The van der Waals surface area contributed by atoms with E-state index in [1.807, 2.05) is 18.3 Å². The molecule has 3 rings (SSSR count). The number of nitrogens with zero attached hydrogens (tertiary/aromatic N) is 1. The Hall–Kier alpha value is -1.28. The Labute approximate surface area is 119 Å². The molecule has 1 aliphatic rings. The van der Waals surface area contributed by atoms with Gasteiger partial charge in [-0.3, -0.25) is 4.98 Å². The predicted molar refractivity (Wildman–Crippen MR) is 81.9 cm³/mol. The van der Waals surface area contributed by atoms with Crippen LogP contribution in [0.25, 0.3) is 10.9 Å². The molecule has 0 aliphatic heterocycles. The minimum Gasteiger partial charge on any atom is -0.382 e. The van der Waals surface area contributed by atoms with Crippen molar-refractivity contribution < 1.29 is 0 Å². The largest absolute Gasteiger partial charge is 0.382 e. The summed E-state index contributed by atoms with van der Waals surface area (Å²) in [6.07, 6.45) is 9.85. The van der Waals surface area contributed by atoms with Crippen LogP contribution in [0.2, 0.25) is 5.02 Å². The number of halogens is 1. The zero-order valence-corrected chi connectivity index (χ0v) is 11.8. The van der Waals surface area contributed by atoms with E-state index >= 15 is 0 Å². The molecule has 100 valence electrons. The monoisotopic (exact) mass is 274 g/mol. The Kier molecular flexibility index (Phi) is 3.88. The highest BCUT2D eigenvalue weighted by atomic mass is 35.5. The van der Waals surface area contributed by atoms with Crippen molar-refractivity contribution in [3.05, 3.63) is 35.5 Å². The predicted octanol–water partition coefficient (Wildman–Crippen LogP) is 5.02. The lowest BCUT2D eigenvalue weighted by Gasteiger charge is -2.18. The summed E-state index contributed by atoms with van der Waals surface area (Å²) in [4.78, 5) is 4.39. The van der Waals surface area contributed by atoms with Crippen LogP contribution in [0.15, 0.2) is 30.5 Å². The second-order valence-electron chi connectivity index (χ2n) is 5.35. The van der Waals surface area contributed by atoms with Gasteiger partial charge < -0.3 is 5.32 Å². The van der Waals surface area contributed by atoms with Gasteiger partial charge in [-0.25, -0.2) is 0 Å². The molecule has 0 unspecified atom stereocenters. The van der Waals surface area contributed by atoms with Gasteiger partial charge in [0.25, 0.3) is 0 Å². The van der Waals surface area contributed by atoms with Crippen molar-refractivity contribution in [1.29, 1.82) is 0 Å². The quantitative estimate of drug-likeness (QED) is 0.778. The second-order valence-corrected chi connectivity index (χ2v) is 5.79. The number of benzene rings is 1. The molecule has 3 heteroatoms. The summed E-state index contributed by atoms with van der Waals surface area (Å²) in [5.74, 6) is 0. The second kappa shape index (κ2) is 5.79. The maximum Gasteiger partial charge on any atom is 0.0737 e. The Morgan fingerprint density at radius 1 is 1.05 bits per heavy atom. The van der Waals surface area contributed by atoms with E-state index in [4.69, 9.17) is 11.6 Å². The molecule has 0 bridgehead atoms. The van der Waals surface area contributed by atoms with Gasteiger partial charge in [0.2, 0.25) is 0 Å². The third kappa shape index (κ3) is 3.01. The Morgan fingerprint density at radius 3 is 2.63 bits per heavy atom. The summed E-state index contributed by atoms with van der Waals surface area (Å²) in [6, 6.07) is 8.59. The fraction of sp³-hybridized carbons (Fsp3) is 0.438. The Morgan fingerprint density at radius 2 is 1.84 bits per heavy atom. The molecule has 2 aromatic rings. The van der Waals surface area contributed by atoms with E-state index in [-0.39, 0.29) is 0 Å². The molecule has 0 atom stereocenters. The zero-order valence-electron chi connectivity index (χ0n) is 11.0. The molecule has 0 amide bonds. The van der Waals surface area contributed by atoms with Crippen molar-refractivity contribution in [2.45, 2.75) is 44.6 Å². The first kappa shape index (κ1) is 12.7. The highest BCUT2D eigenvalue weighted by Crippen LogP contribution is 2.27. The van der Waals surface area contributed by atoms with Crippen molar-refractivity contribution in [1.82, 2.24) is 4.98 Å². The van der Waals surface area contributed by atoms with Gasteiger partial charge in [-0.1, -0.05) is 37.3 Å². The van der Waals surface area contributed by atoms with Crippen LogP contribution in [-0.2, 0) is 0 Å². The third-order valence-electron chi connectivity index (χ3n) is 3.92. The number of nitrogens with one attached hydrogen (secondary N) is 1. The number of pyridine rings is 1. The van der Waals surface area contributed by atoms with Gasteiger partial charge >= 0.3 is 0 Å². The average Bonchev–Trinajstić information content (AvgIpc) is 2.67. The van der Waals surface area contributed by atoms with Gasteiger partial charge in [0.15, 0.2) is 0 Å². The van der Waals surface area contributed by atoms with Crippen LogP contribution >= 0.6 is 11.6 Å². The minimum atomic E-state index is 0.601. The van der Waals surface area contributed by atoms with Gasteiger partial charge in [0.05, 0.1) is 5.52 Å². The standard InChI is InChI=1S/C16H19ClN2/c17-12-7-8-14-15(9-10-18-16(14)11-12)19-13-5-3-1-2-4-6-13/h7-11,13H,1-6H2,(H,18,19). The molecule has 1 fully saturated rings. The van der Waals surface area contributed by atoms with Crippen molar-refractivity contribution in [3.8, 4) is 0 Å². The fourth-order valence-electron chi connectivity index (χ4n) is 2.89. The highest BCUT2D eigenvalue weighted by molar-refractivity contribution is 6.31. The smallest absolute Gasteiger partial charge is 0.0737 e. The van der Waals surface area contributed by atoms with Gasteiger partial charge in [-0.2, -0.15) is 0 Å². The molecule has 1 aliphatic carbocycles. The van der Waals surface area contributed by atoms with Crippen LogP contribution in [0.1, 0.15) is 38.5 Å². The number of aromatic nitrogens is 1. The number of rotatable bonds is 2. The summed E-state index contributed by atoms with van der Waals surface area (Å²) in [5, 5.41) is 5.61. The van der Waals surface area contributed by atoms with Crippen LogP contribution in [-0.4, -0.2) is 11.0 Å². The van der Waals surface area contributed by atoms with E-state index in [1.165, 1.54) is 44.2 Å². The molecule has 1 saturated carbocycles. The summed E-state index contributed by atoms with van der Waals surface area (Å²) in [6.45, 7) is 0. The molecule has 2 nitrogen and oxygen atoms in total. The Balaban J connectivity index is 1.87. The van der Waals surface area contributed by atoms with E-state index < -0.39 is 0 Å². The molecular formula is C16H19ClN2. The number of hydrogen-bond donors (Lipinski definition) is 1. The lowest BCUT2D eigenvalue weighted by atomic mass is 10.1. The van der Waals surface area contributed by atoms with Crippen LogP contribution in [0.5, 0.6) is 0 Å². The first-order valence-corrected chi connectivity index (χ1v) is 7.51. The van der Waals surface area contributed by atoms with Gasteiger partial charge in [0.1, 0.15) is 0 Å². The summed E-state index contributed by atoms with van der Waals surface area (Å²) in [7, 11) is 0. The van der Waals surface area contributed by atoms with E-state index in [0.29, 0.717) is 6.04 Å². The van der Waals surface area contributed by atoms with E-state index in [9.17, 15) is 0 Å². The first-order valence-electron chi connectivity index (χ1n) is 7.14. The summed E-state index contributed by atoms with van der Waals surface area (Å²) in [5.41, 5.74) is 2.15. The van der Waals surface area contributed by atoms with E-state index in [2.05, 4.69) is 22.4 Å². The molecule has 1 aromatic heterocycles. The minimum absolute atomic E-state index is 0.601. The third-order valence-corrected chi connectivity index (χ3v) is 4.15. The molecule has 1 aromatic carbocycles. The number of anilines is 1. The van der Waals surface area contributed by atoms with Crippen molar-refractivity contribution in [3.63, 3.8) is 0 Å². The Bertz CT molecular complexity index is 560. The first-order chi connectivity index (χ1) is 9.33. The van der Waals surface area contributed by atoms with Crippen LogP contribution < -0.4 is 5.32 Å². The summed E-state index contributed by atoms with van der Waals surface area (Å²) >= 11 is 6.02. The van der Waals surface area contributed by atoms with Crippen molar-refractivity contribution >= 4 is 28.2 Å². The summed E-state index contributed by atoms with van der Waals surface area (Å²) < 4.78 is 0. The van der Waals surface area contributed by atoms with E-state index in [1.54, 1.807) is 0 Å². The van der Waals surface area contributed by atoms with Gasteiger partial charge in [0, 0.05) is 28.3 Å². The molecule has 0 radical (unpaired) electrons. The fourth-order valence-corrected chi connectivity index (χ4v) is 3.06. The molecule has 0 spiro atoms. The van der Waals surface area contributed by atoms with Gasteiger partial charge in [-0.15, -0.1) is 0 Å². The maximum absolute atomic E-state index is 6.02. The van der Waals surface area contributed by atoms with Crippen molar-refractivity contribution in [2.75, 3.05) is 5.32 Å². The zero-order chi connectivity index (χ0) is 13.1. The lowest BCUT2D eigenvalue weighted by molar-refractivity contribution is 0.620. The average molecular weight is 275 g/mol. The number of hydrogen-bond acceptors (Lipinski definition) is 2. The maximum atomic E-state index is 6.02. The molecule has 1 heterocycles. The van der Waals surface area contributed by atoms with Gasteiger partial charge in [-0.05, 0) is 37.1 Å². The normalized spacial score (nSPS) is 17.3.